The van der Waals surface area contributed by atoms with Gasteiger partial charge in [-0.1, -0.05) is 0 Å². The molecule has 0 aromatic carbocycles. The number of hydrogen-bond acceptors (Lipinski definition) is 5. The maximum Gasteiger partial charge on any atom is 0.358 e. The summed E-state index contributed by atoms with van der Waals surface area (Å²) in [4.78, 5) is 18.8. The standard InChI is InChI=1S/C8H10N2O3/c1-6-4-10-7(5-9-6)8(12)13-3-2-11/h4-5,11H,2-3H2,1H3. The van der Waals surface area contributed by atoms with Crippen LogP contribution in [0.15, 0.2) is 12.4 Å². The SMILES string of the molecule is Cc1cnc(C(=O)OCCO)cn1. The van der Waals surface area contributed by atoms with E-state index < -0.39 is 5.97 Å². The zero-order chi connectivity index (χ0) is 9.68. The van der Waals surface area contributed by atoms with Crippen molar-refractivity contribution in [3.05, 3.63) is 23.8 Å². The Morgan fingerprint density at radius 2 is 2.31 bits per heavy atom. The first-order chi connectivity index (χ1) is 6.24. The van der Waals surface area contributed by atoms with E-state index in [1.165, 1.54) is 12.4 Å². The lowest BCUT2D eigenvalue weighted by Gasteiger charge is -2.00. The number of ether oxygens (including phenoxy) is 1. The largest absolute Gasteiger partial charge is 0.458 e. The molecule has 13 heavy (non-hydrogen) atoms. The van der Waals surface area contributed by atoms with Crippen LogP contribution in [0.5, 0.6) is 0 Å². The number of hydrogen-bond donors (Lipinski definition) is 1. The highest BCUT2D eigenvalue weighted by molar-refractivity contribution is 5.86. The molecule has 1 aromatic rings. The van der Waals surface area contributed by atoms with E-state index >= 15 is 0 Å². The molecule has 0 bridgehead atoms. The van der Waals surface area contributed by atoms with Crippen LogP contribution in [0.4, 0.5) is 0 Å². The van der Waals surface area contributed by atoms with Gasteiger partial charge in [-0.2, -0.15) is 0 Å². The number of esters is 1. The Hall–Kier alpha value is -1.49. The van der Waals surface area contributed by atoms with Crippen molar-refractivity contribution in [2.24, 2.45) is 0 Å². The Bertz CT molecular complexity index is 284. The van der Waals surface area contributed by atoms with E-state index in [1.54, 1.807) is 6.92 Å². The van der Waals surface area contributed by atoms with Crippen molar-refractivity contribution in [3.8, 4) is 0 Å². The molecule has 0 aliphatic rings. The lowest BCUT2D eigenvalue weighted by atomic mass is 10.4. The highest BCUT2D eigenvalue weighted by atomic mass is 16.5. The van der Waals surface area contributed by atoms with Crippen LogP contribution in [0, 0.1) is 6.92 Å². The van der Waals surface area contributed by atoms with Gasteiger partial charge in [0.05, 0.1) is 18.5 Å². The molecular formula is C8H10N2O3. The summed E-state index contributed by atoms with van der Waals surface area (Å²) in [5.74, 6) is -0.568. The van der Waals surface area contributed by atoms with Crippen molar-refractivity contribution >= 4 is 5.97 Å². The molecule has 1 heterocycles. The van der Waals surface area contributed by atoms with Gasteiger partial charge in [0.2, 0.25) is 0 Å². The lowest BCUT2D eigenvalue weighted by Crippen LogP contribution is -2.10. The number of aryl methyl sites for hydroxylation is 1. The zero-order valence-corrected chi connectivity index (χ0v) is 7.23. The minimum absolute atomic E-state index is 0.0195. The molecule has 5 heteroatoms. The van der Waals surface area contributed by atoms with Gasteiger partial charge in [-0.15, -0.1) is 0 Å². The van der Waals surface area contributed by atoms with E-state index in [0.717, 1.165) is 5.69 Å². The summed E-state index contributed by atoms with van der Waals surface area (Å²) in [7, 11) is 0. The van der Waals surface area contributed by atoms with Crippen LogP contribution in [-0.2, 0) is 4.74 Å². The number of aromatic nitrogens is 2. The van der Waals surface area contributed by atoms with Gasteiger partial charge >= 0.3 is 5.97 Å². The third-order valence-corrected chi connectivity index (χ3v) is 1.31. The first kappa shape index (κ1) is 9.60. The van der Waals surface area contributed by atoms with Gasteiger partial charge in [-0.05, 0) is 6.92 Å². The molecule has 0 saturated heterocycles. The third-order valence-electron chi connectivity index (χ3n) is 1.31. The van der Waals surface area contributed by atoms with Crippen LogP contribution >= 0.6 is 0 Å². The Balaban J connectivity index is 2.61. The molecule has 0 saturated carbocycles. The number of nitrogens with zero attached hydrogens (tertiary/aromatic N) is 2. The lowest BCUT2D eigenvalue weighted by molar-refractivity contribution is 0.0426. The fourth-order valence-electron chi connectivity index (χ4n) is 0.710. The van der Waals surface area contributed by atoms with Crippen LogP contribution in [-0.4, -0.2) is 34.3 Å². The highest BCUT2D eigenvalue weighted by Gasteiger charge is 2.07. The summed E-state index contributed by atoms with van der Waals surface area (Å²) in [6, 6.07) is 0. The zero-order valence-electron chi connectivity index (χ0n) is 7.23. The third kappa shape index (κ3) is 2.79. The maximum atomic E-state index is 11.1. The molecule has 0 aliphatic heterocycles. The van der Waals surface area contributed by atoms with Crippen molar-refractivity contribution in [1.29, 1.82) is 0 Å². The minimum atomic E-state index is -0.568. The smallest absolute Gasteiger partial charge is 0.358 e. The van der Waals surface area contributed by atoms with E-state index in [4.69, 9.17) is 5.11 Å². The van der Waals surface area contributed by atoms with Gasteiger partial charge in [0.15, 0.2) is 5.69 Å². The summed E-state index contributed by atoms with van der Waals surface area (Å²) in [5, 5.41) is 8.39. The molecule has 1 rings (SSSR count). The number of carbonyl (C=O) groups is 1. The number of rotatable bonds is 3. The fourth-order valence-corrected chi connectivity index (χ4v) is 0.710. The van der Waals surface area contributed by atoms with Crippen LogP contribution in [0.25, 0.3) is 0 Å². The van der Waals surface area contributed by atoms with Crippen molar-refractivity contribution < 1.29 is 14.6 Å². The molecular weight excluding hydrogens is 172 g/mol. The molecule has 0 atom stereocenters. The van der Waals surface area contributed by atoms with Crippen molar-refractivity contribution in [2.45, 2.75) is 6.92 Å². The number of aliphatic hydroxyl groups excluding tert-OH is 1. The van der Waals surface area contributed by atoms with Gasteiger partial charge in [-0.3, -0.25) is 4.98 Å². The predicted molar refractivity (Wildman–Crippen MR) is 44.1 cm³/mol. The minimum Gasteiger partial charge on any atom is -0.458 e. The van der Waals surface area contributed by atoms with Gasteiger partial charge in [0.25, 0.3) is 0 Å². The van der Waals surface area contributed by atoms with Gasteiger partial charge in [-0.25, -0.2) is 9.78 Å². The molecule has 0 amide bonds. The topological polar surface area (TPSA) is 72.3 Å². The second-order valence-electron chi connectivity index (χ2n) is 2.40. The molecule has 70 valence electrons. The van der Waals surface area contributed by atoms with Gasteiger partial charge < -0.3 is 9.84 Å². The highest BCUT2D eigenvalue weighted by Crippen LogP contribution is 1.96. The quantitative estimate of drug-likeness (QED) is 0.662. The molecule has 1 aromatic heterocycles. The van der Waals surface area contributed by atoms with E-state index in [9.17, 15) is 4.79 Å². The number of carbonyl (C=O) groups excluding carboxylic acids is 1. The number of aliphatic hydroxyl groups is 1. The van der Waals surface area contributed by atoms with Crippen LogP contribution in [0.1, 0.15) is 16.2 Å². The van der Waals surface area contributed by atoms with Crippen molar-refractivity contribution in [1.82, 2.24) is 9.97 Å². The first-order valence-electron chi connectivity index (χ1n) is 3.80. The molecule has 0 unspecified atom stereocenters. The average molecular weight is 182 g/mol. The molecule has 1 N–H and O–H groups in total. The van der Waals surface area contributed by atoms with E-state index in [0.29, 0.717) is 0 Å². The summed E-state index contributed by atoms with van der Waals surface area (Å²) >= 11 is 0. The molecule has 0 fully saturated rings. The Morgan fingerprint density at radius 1 is 1.54 bits per heavy atom. The van der Waals surface area contributed by atoms with Crippen molar-refractivity contribution in [3.63, 3.8) is 0 Å². The van der Waals surface area contributed by atoms with Crippen LogP contribution in [0.2, 0.25) is 0 Å². The summed E-state index contributed by atoms with van der Waals surface area (Å²) in [6.45, 7) is 1.56. The second kappa shape index (κ2) is 4.51. The predicted octanol–water partition coefficient (Wildman–Crippen LogP) is -0.0659. The van der Waals surface area contributed by atoms with E-state index in [-0.39, 0.29) is 18.9 Å². The van der Waals surface area contributed by atoms with E-state index in [2.05, 4.69) is 14.7 Å². The first-order valence-corrected chi connectivity index (χ1v) is 3.80. The van der Waals surface area contributed by atoms with E-state index in [1.807, 2.05) is 0 Å². The monoisotopic (exact) mass is 182 g/mol. The molecule has 0 radical (unpaired) electrons. The van der Waals surface area contributed by atoms with Crippen LogP contribution < -0.4 is 0 Å². The van der Waals surface area contributed by atoms with Crippen LogP contribution in [0.3, 0.4) is 0 Å². The molecule has 5 nitrogen and oxygen atoms in total. The van der Waals surface area contributed by atoms with Gasteiger partial charge in [0, 0.05) is 6.20 Å². The maximum absolute atomic E-state index is 11.1. The summed E-state index contributed by atoms with van der Waals surface area (Å²) < 4.78 is 4.63. The summed E-state index contributed by atoms with van der Waals surface area (Å²) in [5.41, 5.74) is 0.887. The Kier molecular flexibility index (Phi) is 3.33. The average Bonchev–Trinajstić information content (AvgIpc) is 2.15. The molecule has 0 aliphatic carbocycles. The Morgan fingerprint density at radius 3 is 2.85 bits per heavy atom. The summed E-state index contributed by atoms with van der Waals surface area (Å²) in [6.07, 6.45) is 2.82. The fraction of sp³-hybridized carbons (Fsp3) is 0.375. The van der Waals surface area contributed by atoms with Gasteiger partial charge in [0.1, 0.15) is 6.61 Å². The van der Waals surface area contributed by atoms with Crippen molar-refractivity contribution in [2.75, 3.05) is 13.2 Å². The second-order valence-corrected chi connectivity index (χ2v) is 2.40. The Labute approximate surface area is 75.4 Å². The normalized spacial score (nSPS) is 9.69. The molecule has 0 spiro atoms.